The molecule has 0 N–H and O–H groups in total. The number of benzene rings is 4. The van der Waals surface area contributed by atoms with E-state index in [0.717, 1.165) is 17.8 Å². The Labute approximate surface area is 591 Å². The first kappa shape index (κ1) is 76.4. The van der Waals surface area contributed by atoms with Crippen LogP contribution in [0.25, 0.3) is 45.0 Å². The van der Waals surface area contributed by atoms with Gasteiger partial charge in [0.05, 0.1) is 0 Å². The van der Waals surface area contributed by atoms with E-state index in [1.807, 2.05) is 0 Å². The summed E-state index contributed by atoms with van der Waals surface area (Å²) >= 11 is -7.49. The predicted octanol–water partition coefficient (Wildman–Crippen LogP) is 19.5. The van der Waals surface area contributed by atoms with Gasteiger partial charge < -0.3 is 0 Å². The van der Waals surface area contributed by atoms with E-state index in [0.29, 0.717) is 11.8 Å². The Kier molecular flexibility index (Phi) is 26.7. The summed E-state index contributed by atoms with van der Waals surface area (Å²) in [6, 6.07) is 45.3. The Morgan fingerprint density at radius 2 is 0.705 bits per heavy atom. The van der Waals surface area contributed by atoms with E-state index in [-0.39, 0.29) is 0 Å². The summed E-state index contributed by atoms with van der Waals surface area (Å²) in [6.45, 7) is 16.0. The molecule has 3 saturated carbocycles. The van der Waals surface area contributed by atoms with Crippen molar-refractivity contribution in [2.75, 3.05) is 0 Å². The molecule has 0 bridgehead atoms. The number of nitrogens with zero attached hydrogens (tertiary/aromatic N) is 4. The number of aryl methyl sites for hydroxylation is 9. The maximum atomic E-state index is 2.55. The first-order chi connectivity index (χ1) is 44.7. The predicted molar refractivity (Wildman–Crippen MR) is 423 cm³/mol. The Bertz CT molecular complexity index is 3870. The SMILES string of the molecule is Cc1ccc(C)c(-c2cc[c]([Ge]([CH3])([CH3])[CH3])c[n+]2C)c1.Cc1ccccc1-c1cc(C(C)C2CCCC2)[c]([Ge]([CH3])([CH3])[CH3])c[n+]1C.Cc1ccccc1-c1cc(C(C)C2CCCCC2)[c]([Ge]([CH3])([CH3])[CH3])c[n+]1C.Cc1ccccc1-c1cc(CC2CCCCC2)[c]([Ge]([CH3])([CH3])[CH3])c[n+]1C. The first-order valence-corrected chi connectivity index (χ1v) is 66.5. The molecule has 8 heteroatoms. The van der Waals surface area contributed by atoms with Gasteiger partial charge in [-0.25, -0.2) is 0 Å². The molecule has 0 amide bonds. The van der Waals surface area contributed by atoms with Gasteiger partial charge in [-0.1, -0.05) is 0 Å². The molecule has 11 rings (SSSR count). The molecule has 4 nitrogen and oxygen atoms in total. The first-order valence-electron chi connectivity index (χ1n) is 37.1. The maximum absolute atomic E-state index is 2.55. The molecule has 4 aromatic carbocycles. The van der Waals surface area contributed by atoms with Crippen LogP contribution in [-0.2, 0) is 34.6 Å². The van der Waals surface area contributed by atoms with E-state index in [1.54, 1.807) is 34.3 Å². The van der Waals surface area contributed by atoms with Crippen LogP contribution >= 0.6 is 0 Å². The second-order valence-electron chi connectivity index (χ2n) is 33.9. The molecule has 0 aliphatic heterocycles. The average molecular weight is 1520 g/mol. The van der Waals surface area contributed by atoms with Crippen LogP contribution in [0.1, 0.15) is 160 Å². The topological polar surface area (TPSA) is 15.5 Å². The van der Waals surface area contributed by atoms with Gasteiger partial charge in [-0.3, -0.25) is 0 Å². The summed E-state index contributed by atoms with van der Waals surface area (Å²) in [5.74, 6) is 34.2. The number of hydrogen-bond donors (Lipinski definition) is 0. The van der Waals surface area contributed by atoms with Gasteiger partial charge in [0.2, 0.25) is 0 Å². The number of aromatic nitrogens is 4. The summed E-state index contributed by atoms with van der Waals surface area (Å²) in [7, 11) is 8.84. The van der Waals surface area contributed by atoms with E-state index >= 15 is 0 Å². The standard InChI is InChI=1S/C24H36GeN.2C23H34GeN.C17H24GeN/c1-18-12-10-11-15-21(18)24-16-22(19(2)20-13-8-7-9-14-20)23(17-26(24)6)25(3,4)5;1-17-11-7-10-14-20(17)23-15-21(18(2)19-12-8-9-13-19)22(16-25(23)6)24(3,4)5;1-18-11-9-10-14-21(18)23-16-20(15-19-12-7-6-8-13-19)22(17-25(23)5)24(2,3)4;1-13-7-8-14(2)16(11-13)17-10-9-15(12-19(17)6)18(3,4)5/h10-12,15-17,19-20H,7-9,13-14H2,1-6H3;7,10-11,14-16,18-19H,8-9,12-13H2,1-6H3;9-11,14,16-17,19H,6-8,12-13,15H2,1-5H3;7-12H,1-6H3/q4*+1. The van der Waals surface area contributed by atoms with Crippen molar-refractivity contribution in [1.29, 1.82) is 0 Å². The summed E-state index contributed by atoms with van der Waals surface area (Å²) in [4.78, 5) is 0. The molecule has 3 aliphatic carbocycles. The van der Waals surface area contributed by atoms with Gasteiger partial charge in [0.15, 0.2) is 0 Å². The van der Waals surface area contributed by atoms with Crippen molar-refractivity contribution in [3.05, 3.63) is 191 Å². The molecular formula is C87H128Ge4N4+4. The van der Waals surface area contributed by atoms with Crippen molar-refractivity contribution in [3.8, 4) is 45.0 Å². The molecule has 2 unspecified atom stereocenters. The number of rotatable bonds is 14. The molecule has 0 radical (unpaired) electrons. The molecule has 0 spiro atoms. The van der Waals surface area contributed by atoms with Gasteiger partial charge in [-0.2, -0.15) is 0 Å². The van der Waals surface area contributed by atoms with Gasteiger partial charge in [-0.15, -0.1) is 0 Å². The summed E-state index contributed by atoms with van der Waals surface area (Å²) < 4.78 is 16.1. The zero-order valence-corrected chi connectivity index (χ0v) is 72.5. The molecule has 3 aliphatic rings. The third-order valence-corrected chi connectivity index (χ3v) is 39.1. The van der Waals surface area contributed by atoms with Crippen LogP contribution in [0.4, 0.5) is 0 Å². The van der Waals surface area contributed by atoms with E-state index < -0.39 is 53.1 Å². The van der Waals surface area contributed by atoms with Crippen LogP contribution in [-0.4, -0.2) is 53.1 Å². The molecule has 3 fully saturated rings. The molecule has 95 heavy (non-hydrogen) atoms. The molecule has 0 saturated heterocycles. The van der Waals surface area contributed by atoms with Gasteiger partial charge in [0.25, 0.3) is 0 Å². The second kappa shape index (κ2) is 33.2. The third-order valence-electron chi connectivity index (χ3n) is 22.0. The van der Waals surface area contributed by atoms with Crippen molar-refractivity contribution in [3.63, 3.8) is 0 Å². The van der Waals surface area contributed by atoms with Crippen LogP contribution in [0.3, 0.4) is 0 Å². The Morgan fingerprint density at radius 3 is 1.09 bits per heavy atom. The Morgan fingerprint density at radius 1 is 0.347 bits per heavy atom. The van der Waals surface area contributed by atoms with Crippen LogP contribution in [0.15, 0.2) is 146 Å². The minimum atomic E-state index is -1.94. The molecular weight excluding hydrogens is 1390 g/mol. The van der Waals surface area contributed by atoms with Crippen LogP contribution in [0.2, 0.25) is 69.1 Å². The monoisotopic (exact) mass is 1520 g/mol. The number of hydrogen-bond acceptors (Lipinski definition) is 0. The van der Waals surface area contributed by atoms with E-state index in [9.17, 15) is 0 Å². The Balaban J connectivity index is 0.000000163. The normalized spacial score (nSPS) is 15.8. The van der Waals surface area contributed by atoms with Crippen molar-refractivity contribution in [2.45, 2.75) is 226 Å². The van der Waals surface area contributed by atoms with Crippen LogP contribution in [0.5, 0.6) is 0 Å². The van der Waals surface area contributed by atoms with Crippen LogP contribution in [0, 0.1) is 52.4 Å². The van der Waals surface area contributed by atoms with E-state index in [1.165, 1.54) is 169 Å². The summed E-state index contributed by atoms with van der Waals surface area (Å²) in [6.07, 6.45) is 31.0. The van der Waals surface area contributed by atoms with E-state index in [4.69, 9.17) is 0 Å². The third kappa shape index (κ3) is 20.0. The molecule has 2 atom stereocenters. The molecule has 4 heterocycles. The Hall–Kier alpha value is -4.35. The van der Waals surface area contributed by atoms with Crippen molar-refractivity contribution < 1.29 is 18.3 Å². The summed E-state index contributed by atoms with van der Waals surface area (Å²) in [5.41, 5.74) is 22.6. The fraction of sp³-hybridized carbons (Fsp3) is 0.494. The van der Waals surface area contributed by atoms with Crippen LogP contribution < -0.4 is 35.9 Å². The van der Waals surface area contributed by atoms with Gasteiger partial charge in [0, 0.05) is 0 Å². The quantitative estimate of drug-likeness (QED) is 0.0762. The van der Waals surface area contributed by atoms with E-state index in [2.05, 4.69) is 310 Å². The van der Waals surface area contributed by atoms with Gasteiger partial charge in [-0.05, 0) is 0 Å². The fourth-order valence-electron chi connectivity index (χ4n) is 15.9. The zero-order valence-electron chi connectivity index (χ0n) is 64.1. The molecule has 4 aromatic heterocycles. The van der Waals surface area contributed by atoms with Crippen molar-refractivity contribution in [2.24, 2.45) is 45.9 Å². The van der Waals surface area contributed by atoms with Crippen molar-refractivity contribution >= 4 is 70.6 Å². The minimum absolute atomic E-state index is 0.680. The van der Waals surface area contributed by atoms with Gasteiger partial charge in [0.1, 0.15) is 0 Å². The summed E-state index contributed by atoms with van der Waals surface area (Å²) in [5, 5.41) is 0. The second-order valence-corrected chi connectivity index (χ2v) is 76.3. The molecule has 508 valence electrons. The average Bonchev–Trinajstić information content (AvgIpc) is 1.39. The molecule has 8 aromatic rings. The zero-order chi connectivity index (χ0) is 69.3. The van der Waals surface area contributed by atoms with Gasteiger partial charge >= 0.3 is 596 Å². The number of pyridine rings is 4. The van der Waals surface area contributed by atoms with Crippen molar-refractivity contribution in [1.82, 2.24) is 0 Å². The fourth-order valence-corrected chi connectivity index (χ4v) is 29.3.